The van der Waals surface area contributed by atoms with Gasteiger partial charge in [0.1, 0.15) is 17.2 Å². The topological polar surface area (TPSA) is 125 Å². The number of hydrogen-bond acceptors (Lipinski definition) is 8. The van der Waals surface area contributed by atoms with E-state index in [-0.39, 0.29) is 55.7 Å². The molecule has 0 spiro atoms. The van der Waals surface area contributed by atoms with Crippen LogP contribution in [-0.2, 0) is 36.9 Å². The molecule has 4 aromatic carbocycles. The van der Waals surface area contributed by atoms with Crippen molar-refractivity contribution < 1.29 is 73.3 Å². The number of aromatic hydroxyl groups is 1. The molecule has 4 aromatic rings. The van der Waals surface area contributed by atoms with Crippen LogP contribution in [-0.4, -0.2) is 47.2 Å². The smallest absolute Gasteiger partial charge is 0.508 e. The maximum Gasteiger partial charge on any atom is 0.573 e. The summed E-state index contributed by atoms with van der Waals surface area (Å²) in [5.41, 5.74) is -4.42. The van der Waals surface area contributed by atoms with Crippen LogP contribution in [0.15, 0.2) is 90.5 Å². The number of phenolic OH excluding ortho intramolecular Hbond substituents is 1. The summed E-state index contributed by atoms with van der Waals surface area (Å²) in [5, 5.41) is 12.3. The minimum Gasteiger partial charge on any atom is -0.508 e. The highest BCUT2D eigenvalue weighted by atomic mass is 35.5. The molecule has 1 saturated carbocycles. The van der Waals surface area contributed by atoms with Crippen LogP contribution in [0.2, 0.25) is 10.0 Å². The number of rotatable bonds is 7. The number of nitrogens with one attached hydrogen (secondary N) is 1. The molecule has 0 unspecified atom stereocenters. The van der Waals surface area contributed by atoms with Crippen molar-refractivity contribution in [1.29, 1.82) is 0 Å². The van der Waals surface area contributed by atoms with Gasteiger partial charge in [0.15, 0.2) is 0 Å². The number of fused-ring (bicyclic) bond motifs is 4. The summed E-state index contributed by atoms with van der Waals surface area (Å²) in [6, 6.07) is 12.4. The molecule has 21 heteroatoms. The molecule has 10 nitrogen and oxygen atoms in total. The van der Waals surface area contributed by atoms with Gasteiger partial charge in [0.05, 0.1) is 57.8 Å². The molecule has 0 aromatic heterocycles. The Morgan fingerprint density at radius 3 is 1.98 bits per heavy atom. The summed E-state index contributed by atoms with van der Waals surface area (Å²) >= 11 is 12.5. The van der Waals surface area contributed by atoms with E-state index in [1.54, 1.807) is 0 Å². The monoisotopic (exact) mass is 927 g/mol. The number of carbonyl (C=O) groups is 4. The maximum absolute atomic E-state index is 15.4. The van der Waals surface area contributed by atoms with Crippen molar-refractivity contribution in [3.05, 3.63) is 123 Å². The predicted molar refractivity (Wildman–Crippen MR) is 204 cm³/mol. The molecule has 2 saturated heterocycles. The first-order chi connectivity index (χ1) is 29.4. The molecule has 6 atom stereocenters. The van der Waals surface area contributed by atoms with Crippen LogP contribution in [0.4, 0.5) is 50.9 Å². The number of benzene rings is 4. The normalized spacial score (nSPS) is 24.8. The van der Waals surface area contributed by atoms with Gasteiger partial charge < -0.3 is 14.6 Å². The van der Waals surface area contributed by atoms with Crippen molar-refractivity contribution in [3.63, 3.8) is 0 Å². The van der Waals surface area contributed by atoms with E-state index in [9.17, 15) is 59.0 Å². The number of carbonyl (C=O) groups excluding carboxylic acids is 4. The third kappa shape index (κ3) is 7.27. The molecule has 0 bridgehead atoms. The van der Waals surface area contributed by atoms with Crippen molar-refractivity contribution >= 4 is 58.2 Å². The first-order valence-corrected chi connectivity index (χ1v) is 19.4. The Labute approximate surface area is 359 Å². The van der Waals surface area contributed by atoms with Crippen molar-refractivity contribution in [3.8, 4) is 17.2 Å². The van der Waals surface area contributed by atoms with Crippen molar-refractivity contribution in [2.24, 2.45) is 23.7 Å². The number of hydrogen-bond donors (Lipinski definition) is 2. The van der Waals surface area contributed by atoms with Gasteiger partial charge in [0.25, 0.3) is 11.8 Å². The van der Waals surface area contributed by atoms with Gasteiger partial charge in [-0.25, -0.2) is 4.90 Å². The van der Waals surface area contributed by atoms with Gasteiger partial charge in [-0.2, -0.15) is 31.4 Å². The van der Waals surface area contributed by atoms with Crippen molar-refractivity contribution in [1.82, 2.24) is 5.01 Å². The molecule has 2 heterocycles. The number of nitrogens with zero attached hydrogens (tertiary/aromatic N) is 2. The maximum atomic E-state index is 15.4. The van der Waals surface area contributed by atoms with E-state index in [0.29, 0.717) is 5.01 Å². The van der Waals surface area contributed by atoms with E-state index in [1.165, 1.54) is 55.7 Å². The summed E-state index contributed by atoms with van der Waals surface area (Å²) in [6.07, 6.45) is -15.4. The molecular formula is C42H28Cl2F9N3O7. The van der Waals surface area contributed by atoms with Crippen LogP contribution in [0.5, 0.6) is 17.2 Å². The van der Waals surface area contributed by atoms with E-state index < -0.39 is 124 Å². The van der Waals surface area contributed by atoms with Crippen molar-refractivity contribution in [2.45, 2.75) is 42.9 Å². The molecule has 0 radical (unpaired) electrons. The molecule has 4 aliphatic rings. The number of allylic oxidation sites excluding steroid dienone is 2. The van der Waals surface area contributed by atoms with Gasteiger partial charge in [-0.3, -0.25) is 24.6 Å². The van der Waals surface area contributed by atoms with Crippen LogP contribution < -0.4 is 19.8 Å². The first-order valence-electron chi connectivity index (χ1n) is 18.7. The summed E-state index contributed by atoms with van der Waals surface area (Å²) in [6.45, 7) is 0. The van der Waals surface area contributed by atoms with E-state index in [1.807, 2.05) is 0 Å². The molecule has 2 aliphatic heterocycles. The minimum atomic E-state index is -5.34. The van der Waals surface area contributed by atoms with E-state index in [2.05, 4.69) is 10.2 Å². The number of ether oxygens (including phenoxy) is 2. The molecule has 2 aliphatic carbocycles. The number of methoxy groups -OCH3 is 1. The lowest BCUT2D eigenvalue weighted by Crippen LogP contribution is -2.53. The van der Waals surface area contributed by atoms with Gasteiger partial charge in [0.2, 0.25) is 11.8 Å². The fourth-order valence-corrected chi connectivity index (χ4v) is 9.92. The summed E-state index contributed by atoms with van der Waals surface area (Å²) in [4.78, 5) is 59.3. The number of halogens is 11. The second kappa shape index (κ2) is 15.1. The average Bonchev–Trinajstić information content (AvgIpc) is 3.58. The SMILES string of the molecule is COc1ccc([C@@]23C(=O)N(Nc4ccc(Cl)cc4Cl)C(=O)[C@@H]2C[C@@H]2C(=CC[C@@H]4C(=O)N(c5cc(C(F)(F)F)cc(C(F)(F)F)c5)C(=O)[C@@H]42)[C@@H]3c2cc(OC(F)(F)F)ccc2O)cc1. The lowest BCUT2D eigenvalue weighted by molar-refractivity contribution is -0.274. The number of hydrazine groups is 1. The highest BCUT2D eigenvalue weighted by Gasteiger charge is 2.71. The van der Waals surface area contributed by atoms with E-state index >= 15 is 4.79 Å². The molecule has 2 N–H and O–H groups in total. The zero-order valence-corrected chi connectivity index (χ0v) is 33.3. The van der Waals surface area contributed by atoms with E-state index in [0.717, 1.165) is 18.2 Å². The van der Waals surface area contributed by atoms with Gasteiger partial charge in [-0.15, -0.1) is 13.2 Å². The minimum absolute atomic E-state index is 0.00511. The zero-order valence-electron chi connectivity index (χ0n) is 31.8. The van der Waals surface area contributed by atoms with E-state index in [4.69, 9.17) is 27.9 Å². The van der Waals surface area contributed by atoms with Crippen molar-refractivity contribution in [2.75, 3.05) is 17.4 Å². The summed E-state index contributed by atoms with van der Waals surface area (Å²) < 4.78 is 134. The number of alkyl halides is 9. The predicted octanol–water partition coefficient (Wildman–Crippen LogP) is 9.83. The lowest BCUT2D eigenvalue weighted by Gasteiger charge is -2.50. The molecule has 3 fully saturated rings. The van der Waals surface area contributed by atoms with Gasteiger partial charge in [-0.1, -0.05) is 47.0 Å². The van der Waals surface area contributed by atoms with Gasteiger partial charge >= 0.3 is 18.7 Å². The third-order valence-electron chi connectivity index (χ3n) is 12.0. The fourth-order valence-electron chi connectivity index (χ4n) is 9.47. The summed E-state index contributed by atoms with van der Waals surface area (Å²) in [5.74, 6) is -13.3. The number of amides is 4. The third-order valence-corrected chi connectivity index (χ3v) is 12.5. The Morgan fingerprint density at radius 1 is 0.762 bits per heavy atom. The highest BCUT2D eigenvalue weighted by Crippen LogP contribution is 2.65. The number of imide groups is 2. The van der Waals surface area contributed by atoms with Gasteiger partial charge in [0, 0.05) is 16.5 Å². The first kappa shape index (κ1) is 43.7. The van der Waals surface area contributed by atoms with Crippen LogP contribution in [0.3, 0.4) is 0 Å². The second-order valence-corrected chi connectivity index (χ2v) is 16.1. The quantitative estimate of drug-likeness (QED) is 0.107. The van der Waals surface area contributed by atoms with Crippen LogP contribution >= 0.6 is 23.2 Å². The Hall–Kier alpha value is -5.95. The average molecular weight is 929 g/mol. The largest absolute Gasteiger partial charge is 0.573 e. The highest BCUT2D eigenvalue weighted by molar-refractivity contribution is 6.36. The van der Waals surface area contributed by atoms with Crippen LogP contribution in [0.1, 0.15) is 41.0 Å². The lowest BCUT2D eigenvalue weighted by atomic mass is 9.49. The second-order valence-electron chi connectivity index (χ2n) is 15.3. The van der Waals surface area contributed by atoms with Gasteiger partial charge in [-0.05, 0) is 91.1 Å². The molecule has 4 amide bonds. The zero-order chi connectivity index (χ0) is 45.7. The molecule has 63 heavy (non-hydrogen) atoms. The standard InChI is InChI=1S/C42H28Cl2F9N3O7/c1-62-23-5-2-18(3-6-23)39-29(36(59)56(38(39)61)54-31-10-4-21(43)15-30(31)44)17-27-25(34(39)28-16-24(7-11-32(28)57)63-42(51,52)53)8-9-26-33(27)37(60)55(35(26)58)22-13-19(40(45,46)47)12-20(14-22)41(48,49)50/h2-8,10-16,26-27,29,33-34,54,57H,9,17H2,1H3/t26-,27+,29-,33-,34+,39+/m0/s1. The fraction of sp³-hybridized carbons (Fsp3) is 0.286. The Kier molecular flexibility index (Phi) is 10.5. The number of anilines is 2. The Morgan fingerprint density at radius 2 is 1.40 bits per heavy atom. The Balaban J connectivity index is 1.34. The molecule has 8 rings (SSSR count). The molecule has 330 valence electrons. The van der Waals surface area contributed by atoms with Crippen LogP contribution in [0, 0.1) is 23.7 Å². The summed E-state index contributed by atoms with van der Waals surface area (Å²) in [7, 11) is 1.34. The molecular weight excluding hydrogens is 900 g/mol. The number of phenols is 1. The Bertz CT molecular complexity index is 2590. The van der Waals surface area contributed by atoms with Crippen LogP contribution in [0.25, 0.3) is 0 Å².